The number of aromatic nitrogens is 1. The smallest absolute Gasteiger partial charge is 0.289 e. The summed E-state index contributed by atoms with van der Waals surface area (Å²) in [6, 6.07) is 3.54. The third-order valence-electron chi connectivity index (χ3n) is 5.94. The molecule has 5 rings (SSSR count). The van der Waals surface area contributed by atoms with Gasteiger partial charge in [0.2, 0.25) is 0 Å². The molecule has 1 N–H and O–H groups in total. The zero-order valence-corrected chi connectivity index (χ0v) is 16.5. The summed E-state index contributed by atoms with van der Waals surface area (Å²) < 4.78 is 5.78. The Morgan fingerprint density at radius 2 is 2.04 bits per heavy atom. The largest absolute Gasteiger partial charge is 0.451 e. The van der Waals surface area contributed by atoms with Gasteiger partial charge in [0.15, 0.2) is 5.76 Å². The Morgan fingerprint density at radius 3 is 2.86 bits per heavy atom. The minimum atomic E-state index is -0.174. The fraction of sp³-hybridized carbons (Fsp3) is 0.550. The molecular weight excluding hydrogens is 376 g/mol. The van der Waals surface area contributed by atoms with E-state index in [1.807, 2.05) is 16.7 Å². The number of furan rings is 1. The lowest BCUT2D eigenvalue weighted by molar-refractivity contribution is 0.0742. The molecule has 3 aliphatic heterocycles. The van der Waals surface area contributed by atoms with Gasteiger partial charge in [-0.05, 0) is 31.4 Å². The van der Waals surface area contributed by atoms with E-state index >= 15 is 0 Å². The first-order chi connectivity index (χ1) is 13.7. The molecule has 1 unspecified atom stereocenters. The standard InChI is InChI=1S/C20H24N4O3S/c25-19(22-15-7-13-1-2-23(11-13)12-15)16-9-17-14(10-21-16)8-18(27-17)20(26)24-3-5-28-6-4-24/h8-10,13,15H,1-7,11-12H2,(H,22,25)/t13-,15+/m0/s1. The number of hydrogen-bond donors (Lipinski definition) is 1. The van der Waals surface area contributed by atoms with Crippen molar-refractivity contribution in [3.05, 3.63) is 29.8 Å². The van der Waals surface area contributed by atoms with Crippen molar-refractivity contribution < 1.29 is 14.0 Å². The first-order valence-corrected chi connectivity index (χ1v) is 11.1. The Bertz CT molecular complexity index is 896. The van der Waals surface area contributed by atoms with E-state index in [4.69, 9.17) is 4.42 Å². The van der Waals surface area contributed by atoms with Crippen molar-refractivity contribution in [3.8, 4) is 0 Å². The number of nitrogens with one attached hydrogen (secondary N) is 1. The van der Waals surface area contributed by atoms with E-state index in [1.54, 1.807) is 18.3 Å². The van der Waals surface area contributed by atoms with Crippen molar-refractivity contribution in [3.63, 3.8) is 0 Å². The SMILES string of the molecule is O=C(N[C@@H]1C[C@@H]2CCN(C2)C1)c1cc2oc(C(=O)N3CCSCC3)cc2cn1. The molecule has 3 aliphatic rings. The van der Waals surface area contributed by atoms with Crippen LogP contribution in [0.2, 0.25) is 0 Å². The first-order valence-electron chi connectivity index (χ1n) is 9.95. The minimum Gasteiger partial charge on any atom is -0.451 e. The van der Waals surface area contributed by atoms with Gasteiger partial charge in [0, 0.05) is 61.4 Å². The number of carbonyl (C=O) groups excluding carboxylic acids is 2. The van der Waals surface area contributed by atoms with Gasteiger partial charge in [-0.3, -0.25) is 14.6 Å². The molecule has 0 spiro atoms. The molecule has 3 saturated heterocycles. The second kappa shape index (κ2) is 7.40. The Labute approximate surface area is 167 Å². The minimum absolute atomic E-state index is 0.0887. The van der Waals surface area contributed by atoms with Crippen molar-refractivity contribution in [2.75, 3.05) is 44.2 Å². The van der Waals surface area contributed by atoms with E-state index in [0.717, 1.165) is 56.0 Å². The number of pyridine rings is 1. The number of amides is 2. The normalized spacial score (nSPS) is 27.1. The molecule has 3 fully saturated rings. The van der Waals surface area contributed by atoms with E-state index in [9.17, 15) is 9.59 Å². The van der Waals surface area contributed by atoms with Crippen LogP contribution in [0.1, 0.15) is 33.9 Å². The van der Waals surface area contributed by atoms with Crippen molar-refractivity contribution in [2.45, 2.75) is 18.9 Å². The molecule has 3 atom stereocenters. The molecule has 2 aromatic rings. The lowest BCUT2D eigenvalue weighted by Crippen LogP contribution is -2.47. The van der Waals surface area contributed by atoms with Gasteiger partial charge < -0.3 is 19.5 Å². The number of piperidine rings is 1. The van der Waals surface area contributed by atoms with Crippen LogP contribution in [-0.4, -0.2) is 76.9 Å². The summed E-state index contributed by atoms with van der Waals surface area (Å²) in [5.74, 6) is 2.66. The van der Waals surface area contributed by atoms with Crippen molar-refractivity contribution >= 4 is 34.5 Å². The maximum atomic E-state index is 12.7. The molecule has 148 valence electrons. The molecule has 8 heteroatoms. The van der Waals surface area contributed by atoms with E-state index in [0.29, 0.717) is 23.0 Å². The lowest BCUT2D eigenvalue weighted by Gasteiger charge is -2.30. The highest BCUT2D eigenvalue weighted by Gasteiger charge is 2.33. The fourth-order valence-electron chi connectivity index (χ4n) is 4.51. The quantitative estimate of drug-likeness (QED) is 0.847. The van der Waals surface area contributed by atoms with Gasteiger partial charge in [-0.2, -0.15) is 11.8 Å². The highest BCUT2D eigenvalue weighted by Crippen LogP contribution is 2.27. The maximum Gasteiger partial charge on any atom is 0.289 e. The Hall–Kier alpha value is -2.06. The van der Waals surface area contributed by atoms with Crippen LogP contribution in [0.5, 0.6) is 0 Å². The van der Waals surface area contributed by atoms with Crippen LogP contribution in [-0.2, 0) is 0 Å². The molecule has 0 aromatic carbocycles. The fourth-order valence-corrected chi connectivity index (χ4v) is 5.41. The number of hydrogen-bond acceptors (Lipinski definition) is 6. The van der Waals surface area contributed by atoms with Gasteiger partial charge >= 0.3 is 0 Å². The zero-order chi connectivity index (χ0) is 19.1. The van der Waals surface area contributed by atoms with Crippen molar-refractivity contribution in [1.29, 1.82) is 0 Å². The highest BCUT2D eigenvalue weighted by atomic mass is 32.2. The molecular formula is C20H24N4O3S. The summed E-state index contributed by atoms with van der Waals surface area (Å²) in [6.07, 6.45) is 3.89. The molecule has 28 heavy (non-hydrogen) atoms. The summed E-state index contributed by atoms with van der Waals surface area (Å²) >= 11 is 1.86. The Balaban J connectivity index is 1.30. The summed E-state index contributed by atoms with van der Waals surface area (Å²) in [5, 5.41) is 3.86. The van der Waals surface area contributed by atoms with Crippen LogP contribution in [0.3, 0.4) is 0 Å². The average Bonchev–Trinajstić information content (AvgIpc) is 3.30. The monoisotopic (exact) mass is 400 g/mol. The second-order valence-corrected chi connectivity index (χ2v) is 9.17. The van der Waals surface area contributed by atoms with E-state index in [1.165, 1.54) is 6.42 Å². The zero-order valence-electron chi connectivity index (χ0n) is 15.7. The molecule has 2 bridgehead atoms. The summed E-state index contributed by atoms with van der Waals surface area (Å²) in [6.45, 7) is 4.70. The topological polar surface area (TPSA) is 78.7 Å². The molecule has 0 saturated carbocycles. The lowest BCUT2D eigenvalue weighted by atomic mass is 9.97. The number of thioether (sulfide) groups is 1. The predicted molar refractivity (Wildman–Crippen MR) is 108 cm³/mol. The summed E-state index contributed by atoms with van der Waals surface area (Å²) in [5.41, 5.74) is 0.866. The maximum absolute atomic E-state index is 12.7. The Kier molecular flexibility index (Phi) is 4.76. The van der Waals surface area contributed by atoms with Gasteiger partial charge in [-0.15, -0.1) is 0 Å². The van der Waals surface area contributed by atoms with Crippen LogP contribution in [0.15, 0.2) is 22.7 Å². The predicted octanol–water partition coefficient (Wildman–Crippen LogP) is 1.84. The number of carbonyl (C=O) groups is 2. The highest BCUT2D eigenvalue weighted by molar-refractivity contribution is 7.99. The van der Waals surface area contributed by atoms with E-state index in [2.05, 4.69) is 15.2 Å². The van der Waals surface area contributed by atoms with Gasteiger partial charge in [0.1, 0.15) is 11.3 Å². The molecule has 5 heterocycles. The summed E-state index contributed by atoms with van der Waals surface area (Å²) in [7, 11) is 0. The number of nitrogens with zero attached hydrogens (tertiary/aromatic N) is 3. The molecule has 2 amide bonds. The van der Waals surface area contributed by atoms with Gasteiger partial charge in [-0.1, -0.05) is 0 Å². The third-order valence-corrected chi connectivity index (χ3v) is 6.89. The molecule has 2 aromatic heterocycles. The molecule has 7 nitrogen and oxygen atoms in total. The first kappa shape index (κ1) is 18.0. The van der Waals surface area contributed by atoms with Gasteiger partial charge in [0.25, 0.3) is 11.8 Å². The van der Waals surface area contributed by atoms with Crippen LogP contribution in [0, 0.1) is 5.92 Å². The number of fused-ring (bicyclic) bond motifs is 3. The van der Waals surface area contributed by atoms with Gasteiger partial charge in [0.05, 0.1) is 0 Å². The van der Waals surface area contributed by atoms with Crippen LogP contribution >= 0.6 is 11.8 Å². The average molecular weight is 401 g/mol. The van der Waals surface area contributed by atoms with E-state index in [-0.39, 0.29) is 17.9 Å². The van der Waals surface area contributed by atoms with Crippen LogP contribution in [0.25, 0.3) is 11.0 Å². The summed E-state index contributed by atoms with van der Waals surface area (Å²) in [4.78, 5) is 33.8. The van der Waals surface area contributed by atoms with Crippen molar-refractivity contribution in [1.82, 2.24) is 20.1 Å². The van der Waals surface area contributed by atoms with E-state index < -0.39 is 0 Å². The second-order valence-electron chi connectivity index (χ2n) is 7.94. The molecule has 0 aliphatic carbocycles. The molecule has 0 radical (unpaired) electrons. The van der Waals surface area contributed by atoms with Crippen molar-refractivity contribution in [2.24, 2.45) is 5.92 Å². The number of rotatable bonds is 3. The van der Waals surface area contributed by atoms with Crippen LogP contribution < -0.4 is 5.32 Å². The van der Waals surface area contributed by atoms with Crippen LogP contribution in [0.4, 0.5) is 0 Å². The van der Waals surface area contributed by atoms with Gasteiger partial charge in [-0.25, -0.2) is 0 Å². The third kappa shape index (κ3) is 3.51. The Morgan fingerprint density at radius 1 is 1.18 bits per heavy atom.